The lowest BCUT2D eigenvalue weighted by molar-refractivity contribution is 0.323. The Hall–Kier alpha value is -2.18. The number of hydrogen-bond acceptors (Lipinski definition) is 1. The minimum Gasteiger partial charge on any atom is -0.491 e. The van der Waals surface area contributed by atoms with Gasteiger partial charge in [-0.25, -0.2) is 4.39 Å². The van der Waals surface area contributed by atoms with Gasteiger partial charge in [0.15, 0.2) is 11.6 Å². The summed E-state index contributed by atoms with van der Waals surface area (Å²) in [6, 6.07) is 18.7. The zero-order chi connectivity index (χ0) is 20.1. The second-order valence-corrected chi connectivity index (χ2v) is 7.51. The first-order valence-corrected chi connectivity index (χ1v) is 10.6. The van der Waals surface area contributed by atoms with Crippen molar-refractivity contribution in [2.24, 2.45) is 0 Å². The van der Waals surface area contributed by atoms with Crippen LogP contribution in [-0.2, 0) is 12.8 Å². The molecule has 3 aromatic rings. The summed E-state index contributed by atoms with van der Waals surface area (Å²) >= 11 is 0. The molecule has 3 rings (SSSR count). The van der Waals surface area contributed by atoms with E-state index < -0.39 is 0 Å². The Bertz CT molecular complexity index is 948. The van der Waals surface area contributed by atoms with E-state index in [-0.39, 0.29) is 5.82 Å². The third-order valence-electron chi connectivity index (χ3n) is 5.08. The fourth-order valence-electron chi connectivity index (χ4n) is 3.58. The van der Waals surface area contributed by atoms with Gasteiger partial charge < -0.3 is 4.74 Å². The molecule has 0 aliphatic carbocycles. The van der Waals surface area contributed by atoms with Crippen molar-refractivity contribution >= 4 is 14.5 Å². The quantitative estimate of drug-likeness (QED) is 0.412. The molecule has 3 heteroatoms. The monoisotopic (exact) mass is 394 g/mol. The van der Waals surface area contributed by atoms with Crippen molar-refractivity contribution < 1.29 is 9.13 Å². The van der Waals surface area contributed by atoms with Gasteiger partial charge in [-0.15, -0.1) is 9.24 Å². The van der Waals surface area contributed by atoms with Crippen LogP contribution in [0.4, 0.5) is 4.39 Å². The summed E-state index contributed by atoms with van der Waals surface area (Å²) in [6.07, 6.45) is 3.34. The molecule has 1 nitrogen and oxygen atoms in total. The predicted molar refractivity (Wildman–Crippen MR) is 121 cm³/mol. The molecule has 0 amide bonds. The lowest BCUT2D eigenvalue weighted by Crippen LogP contribution is -2.07. The van der Waals surface area contributed by atoms with Crippen LogP contribution in [0.15, 0.2) is 54.6 Å². The van der Waals surface area contributed by atoms with E-state index >= 15 is 0 Å². The minimum atomic E-state index is -0.312. The molecule has 1 unspecified atom stereocenters. The van der Waals surface area contributed by atoms with Crippen LogP contribution in [0.1, 0.15) is 38.3 Å². The van der Waals surface area contributed by atoms with Gasteiger partial charge in [0.25, 0.3) is 0 Å². The van der Waals surface area contributed by atoms with E-state index in [1.165, 1.54) is 22.3 Å². The number of aryl methyl sites for hydroxylation is 2. The van der Waals surface area contributed by atoms with Gasteiger partial charge in [0.2, 0.25) is 0 Å². The number of halogens is 1. The van der Waals surface area contributed by atoms with E-state index in [0.717, 1.165) is 30.4 Å². The van der Waals surface area contributed by atoms with Crippen molar-refractivity contribution in [2.45, 2.75) is 40.0 Å². The van der Waals surface area contributed by atoms with Crippen LogP contribution in [0.5, 0.6) is 5.75 Å². The highest BCUT2D eigenvalue weighted by Gasteiger charge is 2.12. The molecule has 146 valence electrons. The van der Waals surface area contributed by atoms with Gasteiger partial charge in [-0.2, -0.15) is 0 Å². The summed E-state index contributed by atoms with van der Waals surface area (Å²) in [5, 5.41) is 0.538. The maximum Gasteiger partial charge on any atom is 0.172 e. The van der Waals surface area contributed by atoms with Gasteiger partial charge in [0.05, 0.1) is 6.61 Å². The van der Waals surface area contributed by atoms with Gasteiger partial charge in [0, 0.05) is 5.30 Å². The summed E-state index contributed by atoms with van der Waals surface area (Å²) in [6.45, 7) is 6.73. The summed E-state index contributed by atoms with van der Waals surface area (Å²) in [4.78, 5) is 0. The zero-order valence-corrected chi connectivity index (χ0v) is 18.0. The molecule has 28 heavy (non-hydrogen) atoms. The molecule has 0 aromatic heterocycles. The molecular weight excluding hydrogens is 366 g/mol. The number of rotatable bonds is 7. The fourth-order valence-corrected chi connectivity index (χ4v) is 3.99. The standard InChI is InChI=1S/C25H28FOP/c1-4-7-18-10-13-21(16-17(18)5-2)19-8-11-20(12-9-19)22-14-15-23(27-6-3)24(26)25(22)28/h8-16H,4-7,28H2,1-3H3. The highest BCUT2D eigenvalue weighted by molar-refractivity contribution is 7.28. The Balaban J connectivity index is 1.91. The lowest BCUT2D eigenvalue weighted by Gasteiger charge is -2.13. The maximum atomic E-state index is 14.5. The Morgan fingerprint density at radius 1 is 0.821 bits per heavy atom. The number of benzene rings is 3. The van der Waals surface area contributed by atoms with Crippen molar-refractivity contribution in [1.82, 2.24) is 0 Å². The highest BCUT2D eigenvalue weighted by Crippen LogP contribution is 2.29. The van der Waals surface area contributed by atoms with Crippen molar-refractivity contribution in [1.29, 1.82) is 0 Å². The maximum absolute atomic E-state index is 14.5. The Morgan fingerprint density at radius 3 is 2.14 bits per heavy atom. The van der Waals surface area contributed by atoms with E-state index in [4.69, 9.17) is 4.74 Å². The summed E-state index contributed by atoms with van der Waals surface area (Å²) in [7, 11) is 2.51. The minimum absolute atomic E-state index is 0.298. The van der Waals surface area contributed by atoms with Crippen LogP contribution < -0.4 is 10.0 Å². The highest BCUT2D eigenvalue weighted by atomic mass is 31.0. The SMILES string of the molecule is CCCc1ccc(-c2ccc(-c3ccc(OCC)c(F)c3P)cc2)cc1CC. The van der Waals surface area contributed by atoms with Crippen LogP contribution >= 0.6 is 9.24 Å². The second-order valence-electron chi connectivity index (χ2n) is 6.94. The third-order valence-corrected chi connectivity index (χ3v) is 5.64. The van der Waals surface area contributed by atoms with Crippen LogP contribution in [-0.4, -0.2) is 6.61 Å². The van der Waals surface area contributed by atoms with Gasteiger partial charge in [-0.1, -0.05) is 62.7 Å². The first-order chi connectivity index (χ1) is 13.6. The predicted octanol–water partition coefficient (Wildman–Crippen LogP) is 6.57. The average Bonchev–Trinajstić information content (AvgIpc) is 2.72. The van der Waals surface area contributed by atoms with E-state index in [0.29, 0.717) is 17.7 Å². The lowest BCUT2D eigenvalue weighted by atomic mass is 9.94. The molecule has 0 aliphatic rings. The van der Waals surface area contributed by atoms with Crippen LogP contribution in [0, 0.1) is 5.82 Å². The van der Waals surface area contributed by atoms with Gasteiger partial charge in [0.1, 0.15) is 0 Å². The van der Waals surface area contributed by atoms with Crippen LogP contribution in [0.3, 0.4) is 0 Å². The average molecular weight is 394 g/mol. The van der Waals surface area contributed by atoms with Crippen molar-refractivity contribution in [3.05, 3.63) is 71.5 Å². The van der Waals surface area contributed by atoms with E-state index in [9.17, 15) is 4.39 Å². The first-order valence-electron chi connectivity index (χ1n) is 10.0. The third kappa shape index (κ3) is 4.28. The Kier molecular flexibility index (Phi) is 6.86. The molecule has 0 saturated carbocycles. The van der Waals surface area contributed by atoms with Gasteiger partial charge >= 0.3 is 0 Å². The van der Waals surface area contributed by atoms with E-state index in [1.807, 2.05) is 13.0 Å². The molecule has 0 heterocycles. The molecule has 0 fully saturated rings. The van der Waals surface area contributed by atoms with E-state index in [1.54, 1.807) is 6.07 Å². The van der Waals surface area contributed by atoms with Crippen molar-refractivity contribution in [3.63, 3.8) is 0 Å². The van der Waals surface area contributed by atoms with Crippen molar-refractivity contribution in [2.75, 3.05) is 6.61 Å². The molecular formula is C25H28FOP. The summed E-state index contributed by atoms with van der Waals surface area (Å²) < 4.78 is 19.9. The van der Waals surface area contributed by atoms with Gasteiger partial charge in [-0.3, -0.25) is 0 Å². The topological polar surface area (TPSA) is 9.23 Å². The van der Waals surface area contributed by atoms with Gasteiger partial charge in [-0.05, 0) is 65.3 Å². The molecule has 0 saturated heterocycles. The molecule has 0 bridgehead atoms. The molecule has 0 radical (unpaired) electrons. The smallest absolute Gasteiger partial charge is 0.172 e. The summed E-state index contributed by atoms with van der Waals surface area (Å²) in [5.41, 5.74) is 7.14. The van der Waals surface area contributed by atoms with Crippen LogP contribution in [0.2, 0.25) is 0 Å². The Labute approximate surface area is 170 Å². The molecule has 0 spiro atoms. The van der Waals surface area contributed by atoms with E-state index in [2.05, 4.69) is 65.6 Å². The molecule has 3 aromatic carbocycles. The Morgan fingerprint density at radius 2 is 1.50 bits per heavy atom. The zero-order valence-electron chi connectivity index (χ0n) is 16.9. The molecule has 0 N–H and O–H groups in total. The fraction of sp³-hybridized carbons (Fsp3) is 0.280. The normalized spacial score (nSPS) is 10.9. The van der Waals surface area contributed by atoms with Crippen LogP contribution in [0.25, 0.3) is 22.3 Å². The molecule has 0 aliphatic heterocycles. The summed E-state index contributed by atoms with van der Waals surface area (Å²) in [5.74, 6) is -0.0142. The number of ether oxygens (including phenoxy) is 1. The largest absolute Gasteiger partial charge is 0.491 e. The second kappa shape index (κ2) is 9.34. The van der Waals surface area contributed by atoms with Crippen molar-refractivity contribution in [3.8, 4) is 28.0 Å². The first kappa shape index (κ1) is 20.6. The number of hydrogen-bond donors (Lipinski definition) is 0. The molecule has 1 atom stereocenters.